The zero-order valence-electron chi connectivity index (χ0n) is 17.1. The molecule has 0 atom stereocenters. The highest BCUT2D eigenvalue weighted by Crippen LogP contribution is 2.29. The van der Waals surface area contributed by atoms with E-state index < -0.39 is 26.0 Å². The summed E-state index contributed by atoms with van der Waals surface area (Å²) in [4.78, 5) is 12.6. The van der Waals surface area contributed by atoms with Gasteiger partial charge in [0.25, 0.3) is 5.91 Å². The van der Waals surface area contributed by atoms with Gasteiger partial charge in [0.05, 0.1) is 12.0 Å². The summed E-state index contributed by atoms with van der Waals surface area (Å²) in [5.41, 5.74) is 0.467. The predicted molar refractivity (Wildman–Crippen MR) is 116 cm³/mol. The molecular formula is C20H25N3O6S2. The van der Waals surface area contributed by atoms with E-state index >= 15 is 0 Å². The van der Waals surface area contributed by atoms with Crippen molar-refractivity contribution < 1.29 is 26.4 Å². The fourth-order valence-electron chi connectivity index (χ4n) is 3.37. The molecule has 1 saturated heterocycles. The number of hydrogen-bond donors (Lipinski definition) is 2. The molecule has 11 heteroatoms. The van der Waals surface area contributed by atoms with Gasteiger partial charge in [0.1, 0.15) is 10.6 Å². The van der Waals surface area contributed by atoms with E-state index in [2.05, 4.69) is 5.32 Å². The second kappa shape index (κ2) is 9.35. The Balaban J connectivity index is 1.88. The number of benzene rings is 2. The highest BCUT2D eigenvalue weighted by atomic mass is 32.2. The van der Waals surface area contributed by atoms with Gasteiger partial charge >= 0.3 is 0 Å². The van der Waals surface area contributed by atoms with Crippen molar-refractivity contribution in [2.75, 3.05) is 25.5 Å². The number of rotatable bonds is 6. The number of nitrogens with one attached hydrogen (secondary N) is 1. The first-order valence-corrected chi connectivity index (χ1v) is 12.7. The van der Waals surface area contributed by atoms with E-state index in [4.69, 9.17) is 9.88 Å². The van der Waals surface area contributed by atoms with Gasteiger partial charge in [-0.1, -0.05) is 12.8 Å². The first kappa shape index (κ1) is 23.2. The Hall–Kier alpha value is -2.47. The topological polar surface area (TPSA) is 136 Å². The maximum absolute atomic E-state index is 13.2. The minimum Gasteiger partial charge on any atom is -0.495 e. The van der Waals surface area contributed by atoms with Crippen molar-refractivity contribution in [3.05, 3.63) is 48.0 Å². The third kappa shape index (κ3) is 5.42. The van der Waals surface area contributed by atoms with E-state index in [9.17, 15) is 21.6 Å². The molecular weight excluding hydrogens is 442 g/mol. The number of anilines is 1. The van der Waals surface area contributed by atoms with Crippen LogP contribution in [0.15, 0.2) is 52.3 Å². The predicted octanol–water partition coefficient (Wildman–Crippen LogP) is 2.16. The lowest BCUT2D eigenvalue weighted by Gasteiger charge is -2.21. The molecule has 0 spiro atoms. The first-order valence-electron chi connectivity index (χ1n) is 9.75. The number of hydrogen-bond acceptors (Lipinski definition) is 6. The van der Waals surface area contributed by atoms with E-state index in [0.717, 1.165) is 25.7 Å². The van der Waals surface area contributed by atoms with E-state index in [1.807, 2.05) is 0 Å². The van der Waals surface area contributed by atoms with Gasteiger partial charge in [0, 0.05) is 24.3 Å². The van der Waals surface area contributed by atoms with E-state index in [-0.39, 0.29) is 21.1 Å². The monoisotopic (exact) mass is 467 g/mol. The SMILES string of the molecule is COc1ccc(C(=O)Nc2ccc(S(N)(=O)=O)cc2)cc1S(=O)(=O)N1CCCCCC1. The van der Waals surface area contributed by atoms with Gasteiger partial charge in [-0.25, -0.2) is 22.0 Å². The Labute approximate surface area is 182 Å². The van der Waals surface area contributed by atoms with Crippen LogP contribution < -0.4 is 15.2 Å². The molecule has 1 aliphatic rings. The Kier molecular flexibility index (Phi) is 6.99. The molecule has 3 rings (SSSR count). The standard InChI is InChI=1S/C20H25N3O6S2/c1-29-18-11-6-15(14-19(18)31(27,28)23-12-4-2-3-5-13-23)20(24)22-16-7-9-17(10-8-16)30(21,25)26/h6-11,14H,2-5,12-13H2,1H3,(H,22,24)(H2,21,25,26). The number of methoxy groups -OCH3 is 1. The number of nitrogens with zero attached hydrogens (tertiary/aromatic N) is 1. The third-order valence-corrected chi connectivity index (χ3v) is 7.90. The number of sulfonamides is 2. The lowest BCUT2D eigenvalue weighted by atomic mass is 10.2. The molecule has 2 aromatic carbocycles. The fourth-order valence-corrected chi connectivity index (χ4v) is 5.59. The zero-order chi connectivity index (χ0) is 22.6. The summed E-state index contributed by atoms with van der Waals surface area (Å²) in [7, 11) is -6.29. The molecule has 168 valence electrons. The molecule has 0 aromatic heterocycles. The quantitative estimate of drug-likeness (QED) is 0.668. The van der Waals surface area contributed by atoms with E-state index in [0.29, 0.717) is 18.8 Å². The molecule has 1 fully saturated rings. The van der Waals surface area contributed by atoms with Gasteiger partial charge in [-0.05, 0) is 55.3 Å². The second-order valence-corrected chi connectivity index (χ2v) is 10.7. The summed E-state index contributed by atoms with van der Waals surface area (Å²) in [5.74, 6) is -0.378. The fraction of sp³-hybridized carbons (Fsp3) is 0.350. The third-order valence-electron chi connectivity index (χ3n) is 5.05. The highest BCUT2D eigenvalue weighted by molar-refractivity contribution is 7.89. The van der Waals surface area contributed by atoms with Crippen LogP contribution in [-0.2, 0) is 20.0 Å². The van der Waals surface area contributed by atoms with Crippen molar-refractivity contribution in [1.29, 1.82) is 0 Å². The summed E-state index contributed by atoms with van der Waals surface area (Å²) >= 11 is 0. The van der Waals surface area contributed by atoms with Crippen LogP contribution in [0.5, 0.6) is 5.75 Å². The first-order chi connectivity index (χ1) is 14.6. The minimum absolute atomic E-state index is 0.0610. The van der Waals surface area contributed by atoms with Gasteiger partial charge in [-0.3, -0.25) is 4.79 Å². The van der Waals surface area contributed by atoms with Crippen molar-refractivity contribution in [1.82, 2.24) is 4.31 Å². The van der Waals surface area contributed by atoms with Crippen molar-refractivity contribution in [2.45, 2.75) is 35.5 Å². The van der Waals surface area contributed by atoms with Crippen LogP contribution in [0.3, 0.4) is 0 Å². The van der Waals surface area contributed by atoms with Crippen LogP contribution in [0.1, 0.15) is 36.0 Å². The number of amides is 1. The highest BCUT2D eigenvalue weighted by Gasteiger charge is 2.29. The smallest absolute Gasteiger partial charge is 0.255 e. The molecule has 1 aliphatic heterocycles. The summed E-state index contributed by atoms with van der Waals surface area (Å²) in [6.45, 7) is 0.858. The maximum Gasteiger partial charge on any atom is 0.255 e. The van der Waals surface area contributed by atoms with E-state index in [1.54, 1.807) is 0 Å². The molecule has 2 aromatic rings. The van der Waals surface area contributed by atoms with Crippen LogP contribution in [0.4, 0.5) is 5.69 Å². The Bertz CT molecular complexity index is 1150. The number of nitrogens with two attached hydrogens (primary N) is 1. The van der Waals surface area contributed by atoms with Crippen LogP contribution in [-0.4, -0.2) is 47.2 Å². The number of primary sulfonamides is 1. The van der Waals surface area contributed by atoms with Crippen molar-refractivity contribution in [3.8, 4) is 5.75 Å². The number of carbonyl (C=O) groups is 1. The number of carbonyl (C=O) groups excluding carboxylic acids is 1. The molecule has 9 nitrogen and oxygen atoms in total. The summed E-state index contributed by atoms with van der Waals surface area (Å²) in [5, 5.41) is 7.69. The molecule has 1 amide bonds. The van der Waals surface area contributed by atoms with Crippen LogP contribution in [0.25, 0.3) is 0 Å². The van der Waals surface area contributed by atoms with Crippen LogP contribution in [0.2, 0.25) is 0 Å². The lowest BCUT2D eigenvalue weighted by molar-refractivity contribution is 0.102. The van der Waals surface area contributed by atoms with Gasteiger partial charge in [0.2, 0.25) is 20.0 Å². The summed E-state index contributed by atoms with van der Waals surface area (Å²) < 4.78 is 55.8. The Morgan fingerprint density at radius 1 is 0.968 bits per heavy atom. The second-order valence-electron chi connectivity index (χ2n) is 7.21. The molecule has 0 unspecified atom stereocenters. The van der Waals surface area contributed by atoms with Crippen LogP contribution >= 0.6 is 0 Å². The maximum atomic E-state index is 13.2. The zero-order valence-corrected chi connectivity index (χ0v) is 18.7. The van der Waals surface area contributed by atoms with Gasteiger partial charge < -0.3 is 10.1 Å². The van der Waals surface area contributed by atoms with Gasteiger partial charge in [-0.2, -0.15) is 4.31 Å². The van der Waals surface area contributed by atoms with Crippen LogP contribution in [0, 0.1) is 0 Å². The molecule has 1 heterocycles. The Morgan fingerprint density at radius 2 is 1.58 bits per heavy atom. The molecule has 0 bridgehead atoms. The molecule has 3 N–H and O–H groups in total. The minimum atomic E-state index is -3.84. The summed E-state index contributed by atoms with van der Waals surface area (Å²) in [6.07, 6.45) is 3.54. The summed E-state index contributed by atoms with van der Waals surface area (Å²) in [6, 6.07) is 9.56. The normalized spacial score (nSPS) is 15.8. The average Bonchev–Trinajstić information content (AvgIpc) is 3.03. The average molecular weight is 468 g/mol. The van der Waals surface area contributed by atoms with Crippen molar-refractivity contribution >= 4 is 31.6 Å². The number of ether oxygens (including phenoxy) is 1. The lowest BCUT2D eigenvalue weighted by Crippen LogP contribution is -2.32. The van der Waals surface area contributed by atoms with Crippen molar-refractivity contribution in [2.24, 2.45) is 5.14 Å². The molecule has 0 saturated carbocycles. The Morgan fingerprint density at radius 3 is 2.13 bits per heavy atom. The van der Waals surface area contributed by atoms with Gasteiger partial charge in [0.15, 0.2) is 0 Å². The van der Waals surface area contributed by atoms with Gasteiger partial charge in [-0.15, -0.1) is 0 Å². The molecule has 0 aliphatic carbocycles. The largest absolute Gasteiger partial charge is 0.495 e. The van der Waals surface area contributed by atoms with E-state index in [1.165, 1.54) is 53.9 Å². The molecule has 31 heavy (non-hydrogen) atoms. The molecule has 0 radical (unpaired) electrons. The van der Waals surface area contributed by atoms with Crippen molar-refractivity contribution in [3.63, 3.8) is 0 Å².